The van der Waals surface area contributed by atoms with Gasteiger partial charge in [0.15, 0.2) is 5.69 Å². The van der Waals surface area contributed by atoms with E-state index in [1.807, 2.05) is 0 Å². The first-order valence-electron chi connectivity index (χ1n) is 8.76. The fraction of sp³-hybridized carbons (Fsp3) is 0.471. The molecule has 0 aromatic carbocycles. The predicted molar refractivity (Wildman–Crippen MR) is 92.4 cm³/mol. The molecule has 2 heterocycles. The van der Waals surface area contributed by atoms with Crippen LogP contribution >= 0.6 is 0 Å². The lowest BCUT2D eigenvalue weighted by atomic mass is 9.97. The second kappa shape index (κ2) is 7.95. The molecular weight excluding hydrogens is 379 g/mol. The normalized spacial score (nSPS) is 16.1. The number of carbonyl (C=O) groups is 1. The number of carbonyl (C=O) groups excluding carboxylic acids is 1. The lowest BCUT2D eigenvalue weighted by molar-refractivity contribution is -0.385. The van der Waals surface area contributed by atoms with Gasteiger partial charge in [0.25, 0.3) is 5.69 Å². The summed E-state index contributed by atoms with van der Waals surface area (Å²) in [5, 5.41) is 13.2. The van der Waals surface area contributed by atoms with Crippen LogP contribution in [0.2, 0.25) is 0 Å². The van der Waals surface area contributed by atoms with E-state index in [1.54, 1.807) is 0 Å². The van der Waals surface area contributed by atoms with Gasteiger partial charge in [0.05, 0.1) is 11.3 Å². The van der Waals surface area contributed by atoms with Gasteiger partial charge in [-0.05, 0) is 18.4 Å². The molecule has 0 bridgehead atoms. The average Bonchev–Trinajstić information content (AvgIpc) is 3.31. The van der Waals surface area contributed by atoms with E-state index in [-0.39, 0.29) is 17.4 Å². The van der Waals surface area contributed by atoms with Gasteiger partial charge in [-0.15, -0.1) is 0 Å². The number of amides is 1. The van der Waals surface area contributed by atoms with Gasteiger partial charge in [-0.1, -0.05) is 25.7 Å². The number of hydrogen-bond donors (Lipinski definition) is 1. The van der Waals surface area contributed by atoms with Crippen LogP contribution in [0.25, 0.3) is 0 Å². The number of nitro groups is 1. The molecule has 8 nitrogen and oxygen atoms in total. The van der Waals surface area contributed by atoms with Crippen LogP contribution in [0.15, 0.2) is 30.9 Å². The van der Waals surface area contributed by atoms with E-state index < -0.39 is 28.7 Å². The topological polar surface area (TPSA) is 103 Å². The summed E-state index contributed by atoms with van der Waals surface area (Å²) in [5.74, 6) is -0.222. The van der Waals surface area contributed by atoms with Crippen LogP contribution in [0.4, 0.5) is 24.7 Å². The zero-order valence-corrected chi connectivity index (χ0v) is 14.7. The van der Waals surface area contributed by atoms with Gasteiger partial charge >= 0.3 is 6.18 Å². The second-order valence-electron chi connectivity index (χ2n) is 6.75. The monoisotopic (exact) mass is 397 g/mol. The summed E-state index contributed by atoms with van der Waals surface area (Å²) in [7, 11) is 0. The standard InChI is InChI=1S/C17H18F3N5O3/c18-17(19,20)14-9-24(10-22-14)13(7-11-3-1-2-4-11)16(26)23-15-6-5-12(8-21-15)25(27)28/h5-6,8-11,13H,1-4,7H2,(H,21,23,26). The largest absolute Gasteiger partial charge is 0.434 e. The molecule has 1 unspecified atom stereocenters. The lowest BCUT2D eigenvalue weighted by Crippen LogP contribution is -2.27. The molecular formula is C17H18F3N5O3. The van der Waals surface area contributed by atoms with E-state index in [1.165, 1.54) is 16.7 Å². The lowest BCUT2D eigenvalue weighted by Gasteiger charge is -2.21. The van der Waals surface area contributed by atoms with E-state index in [2.05, 4.69) is 15.3 Å². The molecule has 1 N–H and O–H groups in total. The maximum Gasteiger partial charge on any atom is 0.434 e. The third kappa shape index (κ3) is 4.65. The summed E-state index contributed by atoms with van der Waals surface area (Å²) < 4.78 is 39.8. The third-order valence-corrected chi connectivity index (χ3v) is 4.80. The predicted octanol–water partition coefficient (Wildman–Crippen LogP) is 3.97. The first-order chi connectivity index (χ1) is 13.2. The minimum atomic E-state index is -4.60. The Balaban J connectivity index is 1.80. The van der Waals surface area contributed by atoms with E-state index >= 15 is 0 Å². The Morgan fingerprint density at radius 1 is 1.32 bits per heavy atom. The molecule has 150 valence electrons. The molecule has 0 aliphatic heterocycles. The summed E-state index contributed by atoms with van der Waals surface area (Å²) >= 11 is 0. The van der Waals surface area contributed by atoms with Crippen molar-refractivity contribution >= 4 is 17.4 Å². The molecule has 11 heteroatoms. The summed E-state index contributed by atoms with van der Waals surface area (Å²) in [6.45, 7) is 0. The first kappa shape index (κ1) is 19.8. The van der Waals surface area contributed by atoms with Gasteiger partial charge in [-0.25, -0.2) is 9.97 Å². The van der Waals surface area contributed by atoms with Crippen molar-refractivity contribution in [2.24, 2.45) is 5.92 Å². The third-order valence-electron chi connectivity index (χ3n) is 4.80. The smallest absolute Gasteiger partial charge is 0.324 e. The molecule has 0 radical (unpaired) electrons. The highest BCUT2D eigenvalue weighted by molar-refractivity contribution is 5.93. The van der Waals surface area contributed by atoms with Gasteiger partial charge in [0.1, 0.15) is 18.1 Å². The van der Waals surface area contributed by atoms with Crippen LogP contribution in [0.5, 0.6) is 0 Å². The summed E-state index contributed by atoms with van der Waals surface area (Å²) in [5.41, 5.74) is -1.30. The molecule has 1 aliphatic rings. The minimum absolute atomic E-state index is 0.0863. The van der Waals surface area contributed by atoms with Crippen molar-refractivity contribution in [3.05, 3.63) is 46.7 Å². The molecule has 2 aromatic rings. The van der Waals surface area contributed by atoms with Crippen molar-refractivity contribution < 1.29 is 22.9 Å². The first-order valence-corrected chi connectivity index (χ1v) is 8.76. The van der Waals surface area contributed by atoms with E-state index in [4.69, 9.17) is 0 Å². The van der Waals surface area contributed by atoms with Gasteiger partial charge < -0.3 is 9.88 Å². The molecule has 1 aliphatic carbocycles. The van der Waals surface area contributed by atoms with E-state index in [0.717, 1.165) is 44.4 Å². The van der Waals surface area contributed by atoms with Crippen molar-refractivity contribution in [3.8, 4) is 0 Å². The molecule has 28 heavy (non-hydrogen) atoms. The maximum atomic E-state index is 12.9. The van der Waals surface area contributed by atoms with Crippen molar-refractivity contribution in [2.75, 3.05) is 5.32 Å². The van der Waals surface area contributed by atoms with Crippen LogP contribution in [-0.2, 0) is 11.0 Å². The van der Waals surface area contributed by atoms with E-state index in [0.29, 0.717) is 6.42 Å². The van der Waals surface area contributed by atoms with Crippen LogP contribution in [-0.4, -0.2) is 25.4 Å². The Morgan fingerprint density at radius 3 is 2.57 bits per heavy atom. The molecule has 1 atom stereocenters. The Kier molecular flexibility index (Phi) is 5.61. The van der Waals surface area contributed by atoms with E-state index in [9.17, 15) is 28.1 Å². The Bertz CT molecular complexity index is 844. The fourth-order valence-corrected chi connectivity index (χ4v) is 3.36. The average molecular weight is 397 g/mol. The Labute approximate surface area is 157 Å². The molecule has 0 saturated heterocycles. The van der Waals surface area contributed by atoms with Crippen molar-refractivity contribution in [1.82, 2.24) is 14.5 Å². The molecule has 1 fully saturated rings. The van der Waals surface area contributed by atoms with Crippen LogP contribution in [0, 0.1) is 16.0 Å². The number of nitrogens with zero attached hydrogens (tertiary/aromatic N) is 4. The molecule has 3 rings (SSSR count). The fourth-order valence-electron chi connectivity index (χ4n) is 3.36. The maximum absolute atomic E-state index is 12.9. The molecule has 2 aromatic heterocycles. The Hall–Kier alpha value is -2.98. The number of halogens is 3. The highest BCUT2D eigenvalue weighted by Gasteiger charge is 2.35. The number of pyridine rings is 1. The highest BCUT2D eigenvalue weighted by atomic mass is 19.4. The second-order valence-corrected chi connectivity index (χ2v) is 6.75. The summed E-state index contributed by atoms with van der Waals surface area (Å²) in [6, 6.07) is 1.58. The molecule has 1 amide bonds. The molecule has 0 spiro atoms. The zero-order valence-electron chi connectivity index (χ0n) is 14.7. The highest BCUT2D eigenvalue weighted by Crippen LogP contribution is 2.34. The molecule has 1 saturated carbocycles. The van der Waals surface area contributed by atoms with Gasteiger partial charge in [0.2, 0.25) is 5.91 Å². The van der Waals surface area contributed by atoms with Crippen LogP contribution in [0.1, 0.15) is 43.8 Å². The minimum Gasteiger partial charge on any atom is -0.324 e. The van der Waals surface area contributed by atoms with Gasteiger partial charge in [0, 0.05) is 12.3 Å². The number of aromatic nitrogens is 3. The number of anilines is 1. The number of alkyl halides is 3. The van der Waals surface area contributed by atoms with Crippen molar-refractivity contribution in [1.29, 1.82) is 0 Å². The van der Waals surface area contributed by atoms with Crippen LogP contribution in [0.3, 0.4) is 0 Å². The summed E-state index contributed by atoms with van der Waals surface area (Å²) in [4.78, 5) is 30.0. The number of hydrogen-bond acceptors (Lipinski definition) is 5. The van der Waals surface area contributed by atoms with Gasteiger partial charge in [-0.3, -0.25) is 14.9 Å². The SMILES string of the molecule is O=C(Nc1ccc([N+](=O)[O-])cn1)C(CC1CCCC1)n1cnc(C(F)(F)F)c1. The quantitative estimate of drug-likeness (QED) is 0.587. The number of nitrogens with one attached hydrogen (secondary N) is 1. The Morgan fingerprint density at radius 2 is 2.04 bits per heavy atom. The number of imidazole rings is 1. The zero-order chi connectivity index (χ0) is 20.3. The van der Waals surface area contributed by atoms with Crippen molar-refractivity contribution in [2.45, 2.75) is 44.3 Å². The van der Waals surface area contributed by atoms with Crippen molar-refractivity contribution in [3.63, 3.8) is 0 Å². The summed E-state index contributed by atoms with van der Waals surface area (Å²) in [6.07, 6.45) is 2.50. The van der Waals surface area contributed by atoms with Crippen LogP contribution < -0.4 is 5.32 Å². The van der Waals surface area contributed by atoms with Gasteiger partial charge in [-0.2, -0.15) is 13.2 Å². The number of rotatable bonds is 6.